The van der Waals surface area contributed by atoms with Gasteiger partial charge in [0.25, 0.3) is 11.1 Å². The average molecular weight is 555 g/mol. The molecule has 4 nitrogen and oxygen atoms in total. The second kappa shape index (κ2) is 10.6. The lowest BCUT2D eigenvalue weighted by Gasteiger charge is -2.15. The van der Waals surface area contributed by atoms with E-state index >= 15 is 0 Å². The molecule has 0 spiro atoms. The van der Waals surface area contributed by atoms with Crippen LogP contribution >= 0.6 is 46.6 Å². The fourth-order valence-electron chi connectivity index (χ4n) is 3.93. The van der Waals surface area contributed by atoms with Crippen molar-refractivity contribution in [3.63, 3.8) is 0 Å². The summed E-state index contributed by atoms with van der Waals surface area (Å²) >= 11 is 19.7. The minimum absolute atomic E-state index is 0.00802. The van der Waals surface area contributed by atoms with Crippen molar-refractivity contribution in [1.29, 1.82) is 0 Å². The van der Waals surface area contributed by atoms with Crippen molar-refractivity contribution in [2.45, 2.75) is 13.2 Å². The lowest BCUT2D eigenvalue weighted by molar-refractivity contribution is -0.123. The lowest BCUT2D eigenvalue weighted by Crippen LogP contribution is -2.27. The first-order valence-corrected chi connectivity index (χ1v) is 12.9. The quantitative estimate of drug-likeness (QED) is 0.224. The largest absolute Gasteiger partial charge is 0.488 e. The van der Waals surface area contributed by atoms with Crippen LogP contribution in [-0.2, 0) is 17.9 Å². The van der Waals surface area contributed by atoms with Crippen LogP contribution in [0.4, 0.5) is 4.79 Å². The number of imide groups is 1. The minimum Gasteiger partial charge on any atom is -0.488 e. The Morgan fingerprint density at radius 3 is 2.28 bits per heavy atom. The van der Waals surface area contributed by atoms with Gasteiger partial charge in [-0.25, -0.2) is 0 Å². The van der Waals surface area contributed by atoms with Crippen molar-refractivity contribution in [3.8, 4) is 5.75 Å². The molecule has 1 heterocycles. The van der Waals surface area contributed by atoms with E-state index in [4.69, 9.17) is 39.5 Å². The smallest absolute Gasteiger partial charge is 0.293 e. The zero-order valence-electron chi connectivity index (χ0n) is 18.7. The van der Waals surface area contributed by atoms with Crippen molar-refractivity contribution in [2.75, 3.05) is 0 Å². The summed E-state index contributed by atoms with van der Waals surface area (Å²) in [5.74, 6) is 0.167. The predicted molar refractivity (Wildman–Crippen MR) is 148 cm³/mol. The number of thioether (sulfide) groups is 1. The molecule has 0 saturated carbocycles. The number of fused-ring (bicyclic) bond motifs is 1. The molecule has 1 aliphatic heterocycles. The number of nitrogens with zero attached hydrogens (tertiary/aromatic N) is 1. The summed E-state index contributed by atoms with van der Waals surface area (Å²) in [5.41, 5.74) is 2.08. The normalized spacial score (nSPS) is 14.8. The number of benzene rings is 4. The van der Waals surface area contributed by atoms with Gasteiger partial charge in [0.1, 0.15) is 12.4 Å². The molecule has 2 amide bonds. The average Bonchev–Trinajstić information content (AvgIpc) is 3.13. The third-order valence-corrected chi connectivity index (χ3v) is 7.78. The second-order valence-corrected chi connectivity index (χ2v) is 10.3. The van der Waals surface area contributed by atoms with Crippen LogP contribution in [0.5, 0.6) is 5.75 Å². The number of hydrogen-bond acceptors (Lipinski definition) is 4. The molecule has 8 heteroatoms. The van der Waals surface area contributed by atoms with Gasteiger partial charge in [-0.2, -0.15) is 0 Å². The number of halogens is 3. The first-order valence-electron chi connectivity index (χ1n) is 11.0. The van der Waals surface area contributed by atoms with Gasteiger partial charge in [-0.15, -0.1) is 0 Å². The van der Waals surface area contributed by atoms with Gasteiger partial charge in [0.05, 0.1) is 11.4 Å². The summed E-state index contributed by atoms with van der Waals surface area (Å²) in [6, 6.07) is 24.1. The molecule has 0 N–H and O–H groups in total. The molecule has 1 saturated heterocycles. The van der Waals surface area contributed by atoms with E-state index in [9.17, 15) is 9.59 Å². The Morgan fingerprint density at radius 2 is 1.50 bits per heavy atom. The number of carbonyl (C=O) groups excluding carboxylic acids is 2. The molecule has 0 aromatic heterocycles. The third kappa shape index (κ3) is 4.97. The van der Waals surface area contributed by atoms with E-state index < -0.39 is 5.91 Å². The molecule has 4 aromatic rings. The fraction of sp³-hybridized carbons (Fsp3) is 0.0714. The Hall–Kier alpha value is -2.96. The number of carbonyl (C=O) groups is 2. The van der Waals surface area contributed by atoms with Crippen molar-refractivity contribution in [3.05, 3.63) is 116 Å². The zero-order valence-corrected chi connectivity index (χ0v) is 21.8. The summed E-state index contributed by atoms with van der Waals surface area (Å²) in [6.45, 7) is 0.247. The first-order chi connectivity index (χ1) is 17.4. The van der Waals surface area contributed by atoms with E-state index in [0.717, 1.165) is 33.0 Å². The van der Waals surface area contributed by atoms with Crippen molar-refractivity contribution < 1.29 is 14.3 Å². The van der Waals surface area contributed by atoms with Gasteiger partial charge in [0.15, 0.2) is 0 Å². The molecule has 0 bridgehead atoms. The molecule has 1 aliphatic rings. The minimum atomic E-state index is -0.411. The second-order valence-electron chi connectivity index (χ2n) is 8.05. The summed E-state index contributed by atoms with van der Waals surface area (Å²) < 4.78 is 6.16. The Bertz CT molecular complexity index is 1520. The molecule has 0 atom stereocenters. The topological polar surface area (TPSA) is 46.6 Å². The highest BCUT2D eigenvalue weighted by atomic mass is 35.5. The van der Waals surface area contributed by atoms with Crippen molar-refractivity contribution >= 4 is 74.6 Å². The summed E-state index contributed by atoms with van der Waals surface area (Å²) in [7, 11) is 0. The van der Waals surface area contributed by atoms with Gasteiger partial charge < -0.3 is 4.74 Å². The molecule has 180 valence electrons. The van der Waals surface area contributed by atoms with Crippen molar-refractivity contribution in [1.82, 2.24) is 4.90 Å². The fourth-order valence-corrected chi connectivity index (χ4v) is 5.46. The van der Waals surface area contributed by atoms with Crippen LogP contribution in [0.3, 0.4) is 0 Å². The molecular weight excluding hydrogens is 537 g/mol. The van der Waals surface area contributed by atoms with Crippen molar-refractivity contribution in [2.24, 2.45) is 0 Å². The van der Waals surface area contributed by atoms with Gasteiger partial charge >= 0.3 is 0 Å². The molecule has 0 aliphatic carbocycles. The van der Waals surface area contributed by atoms with E-state index in [1.165, 1.54) is 0 Å². The van der Waals surface area contributed by atoms with Crippen LogP contribution in [0.15, 0.2) is 83.8 Å². The van der Waals surface area contributed by atoms with Crippen LogP contribution < -0.4 is 4.74 Å². The molecule has 36 heavy (non-hydrogen) atoms. The van der Waals surface area contributed by atoms with Gasteiger partial charge in [-0.1, -0.05) is 89.4 Å². The Morgan fingerprint density at radius 1 is 0.806 bits per heavy atom. The van der Waals surface area contributed by atoms with E-state index in [-0.39, 0.29) is 18.4 Å². The first kappa shape index (κ1) is 24.7. The van der Waals surface area contributed by atoms with Gasteiger partial charge in [0.2, 0.25) is 0 Å². The summed E-state index contributed by atoms with van der Waals surface area (Å²) in [5, 5.41) is 2.90. The number of amides is 2. The Kier molecular flexibility index (Phi) is 7.26. The number of rotatable bonds is 6. The summed E-state index contributed by atoms with van der Waals surface area (Å²) in [4.78, 5) is 27.5. The van der Waals surface area contributed by atoms with E-state index in [2.05, 4.69) is 0 Å². The lowest BCUT2D eigenvalue weighted by atomic mass is 10.0. The van der Waals surface area contributed by atoms with E-state index in [1.54, 1.807) is 24.3 Å². The van der Waals surface area contributed by atoms with E-state index in [0.29, 0.717) is 36.8 Å². The SMILES string of the molecule is O=C1S/C(=C\c2c(OCc3ccccc3Cl)ccc3ccccc23)C(=O)N1Cc1c(Cl)cccc1Cl. The van der Waals surface area contributed by atoms with Crippen LogP contribution in [-0.4, -0.2) is 16.0 Å². The molecule has 1 fully saturated rings. The van der Waals surface area contributed by atoms with E-state index in [1.807, 2.05) is 60.7 Å². The number of ether oxygens (including phenoxy) is 1. The molecule has 0 unspecified atom stereocenters. The number of hydrogen-bond donors (Lipinski definition) is 0. The zero-order chi connectivity index (χ0) is 25.2. The molecule has 5 rings (SSSR count). The molecule has 4 aromatic carbocycles. The third-order valence-electron chi connectivity index (χ3n) is 5.80. The Labute approximate surface area is 227 Å². The maximum atomic E-state index is 13.3. The van der Waals surface area contributed by atoms with Crippen LogP contribution in [0.2, 0.25) is 15.1 Å². The summed E-state index contributed by atoms with van der Waals surface area (Å²) in [6.07, 6.45) is 1.71. The maximum Gasteiger partial charge on any atom is 0.293 e. The molecular formula is C28H18Cl3NO3S. The predicted octanol–water partition coefficient (Wildman–Crippen LogP) is 8.62. The van der Waals surface area contributed by atoms with Gasteiger partial charge in [-0.3, -0.25) is 14.5 Å². The Balaban J connectivity index is 1.50. The van der Waals surface area contributed by atoms with Crippen LogP contribution in [0, 0.1) is 0 Å². The van der Waals surface area contributed by atoms with Gasteiger partial charge in [-0.05, 0) is 52.9 Å². The molecule has 0 radical (unpaired) electrons. The maximum absolute atomic E-state index is 13.3. The van der Waals surface area contributed by atoms with Crippen LogP contribution in [0.1, 0.15) is 16.7 Å². The standard InChI is InChI=1S/C28H18Cl3NO3S/c29-22-9-4-2-7-18(22)16-35-25-13-12-17-6-1-3-8-19(17)20(25)14-26-27(33)32(28(34)36-26)15-21-23(30)10-5-11-24(21)31/h1-14H,15-16H2/b26-14-. The highest BCUT2D eigenvalue weighted by Gasteiger charge is 2.36. The van der Waals surface area contributed by atoms with Crippen LogP contribution in [0.25, 0.3) is 16.8 Å². The highest BCUT2D eigenvalue weighted by molar-refractivity contribution is 8.18. The van der Waals surface area contributed by atoms with Gasteiger partial charge in [0, 0.05) is 31.8 Å². The highest BCUT2D eigenvalue weighted by Crippen LogP contribution is 2.39. The monoisotopic (exact) mass is 553 g/mol.